The van der Waals surface area contributed by atoms with Crippen molar-refractivity contribution in [2.75, 3.05) is 0 Å². The van der Waals surface area contributed by atoms with Crippen LogP contribution < -0.4 is 42.1 Å². The summed E-state index contributed by atoms with van der Waals surface area (Å²) in [5.74, 6) is -0.167. The molecule has 0 radical (unpaired) electrons. The maximum atomic E-state index is 8.59. The molecule has 0 aromatic heterocycles. The van der Waals surface area contributed by atoms with E-state index in [1.165, 1.54) is 0 Å². The van der Waals surface area contributed by atoms with E-state index in [-0.39, 0.29) is 11.9 Å². The second-order valence-corrected chi connectivity index (χ2v) is 2.68. The fourth-order valence-corrected chi connectivity index (χ4v) is 0. The molecule has 0 heterocycles. The van der Waals surface area contributed by atoms with Gasteiger partial charge < -0.3 is 0 Å². The minimum atomic E-state index is -5.75. The van der Waals surface area contributed by atoms with Crippen LogP contribution in [0.1, 0.15) is 0 Å². The fourth-order valence-electron chi connectivity index (χ4n) is 0. The van der Waals surface area contributed by atoms with Crippen LogP contribution in [0.3, 0.4) is 0 Å². The van der Waals surface area contributed by atoms with Crippen molar-refractivity contribution in [1.29, 1.82) is 0 Å². The van der Waals surface area contributed by atoms with E-state index in [1.807, 2.05) is 0 Å². The first-order valence-electron chi connectivity index (χ1n) is 2.40. The molecule has 12 N–H and O–H groups in total. The monoisotopic (exact) mass is 236 g/mol. The van der Waals surface area contributed by atoms with E-state index in [0.717, 1.165) is 0 Å². The molecule has 13 heavy (non-hydrogen) atoms. The minimum absolute atomic E-state index is 0.0833. The maximum absolute atomic E-state index is 8.59. The van der Waals surface area contributed by atoms with Gasteiger partial charge in [-0.25, -0.2) is 0 Å². The van der Waals surface area contributed by atoms with Gasteiger partial charge in [-0.05, 0) is 0 Å². The molecule has 0 amide bonds. The molecule has 11 heteroatoms. The Bertz CT molecular complexity index is 217. The van der Waals surface area contributed by atoms with Crippen LogP contribution in [-0.4, -0.2) is 11.9 Å². The van der Waals surface area contributed by atoms with Gasteiger partial charge in [0.2, 0.25) is 0 Å². The molecule has 80 valence electrons. The second kappa shape index (κ2) is 8.69. The van der Waals surface area contributed by atoms with E-state index in [1.54, 1.807) is 0 Å². The SMILES string of the molecule is NC(N)=[NH2+].NC(N)=[NH2+].[O]=[Cr](=[O])([O-])[O-]. The summed E-state index contributed by atoms with van der Waals surface area (Å²) in [6.45, 7) is 0. The Labute approximate surface area is 75.9 Å². The van der Waals surface area contributed by atoms with Crippen molar-refractivity contribution in [1.82, 2.24) is 0 Å². The van der Waals surface area contributed by atoms with Crippen molar-refractivity contribution in [2.45, 2.75) is 0 Å². The molecule has 0 aliphatic rings. The molecule has 0 aliphatic carbocycles. The predicted molar refractivity (Wildman–Crippen MR) is 32.0 cm³/mol. The number of hydrogen-bond donors (Lipinski definition) is 6. The summed E-state index contributed by atoms with van der Waals surface area (Å²) in [6.07, 6.45) is 0. The average molecular weight is 236 g/mol. The molecule has 0 spiro atoms. The van der Waals surface area contributed by atoms with Gasteiger partial charge in [0.05, 0.1) is 0 Å². The van der Waals surface area contributed by atoms with Crippen molar-refractivity contribution >= 4 is 11.9 Å². The number of rotatable bonds is 0. The summed E-state index contributed by atoms with van der Waals surface area (Å²) in [5, 5.41) is 9.17. The quantitative estimate of drug-likeness (QED) is 0.174. The van der Waals surface area contributed by atoms with Gasteiger partial charge in [0.25, 0.3) is 0 Å². The van der Waals surface area contributed by atoms with Gasteiger partial charge in [0, 0.05) is 0 Å². The van der Waals surface area contributed by atoms with Crippen LogP contribution in [0, 0.1) is 0 Å². The summed E-state index contributed by atoms with van der Waals surface area (Å²) in [5.41, 5.74) is 18.3. The average Bonchev–Trinajstić information content (AvgIpc) is 1.50. The van der Waals surface area contributed by atoms with Gasteiger partial charge in [-0.1, -0.05) is 0 Å². The fraction of sp³-hybridized carbons (Fsp3) is 0. The van der Waals surface area contributed by atoms with E-state index < -0.39 is 13.6 Å². The van der Waals surface area contributed by atoms with Crippen molar-refractivity contribution in [2.24, 2.45) is 22.9 Å². The molecular weight excluding hydrogens is 224 g/mol. The Morgan fingerprint density at radius 1 is 0.923 bits per heavy atom. The molecule has 0 aliphatic heterocycles. The van der Waals surface area contributed by atoms with Crippen molar-refractivity contribution in [3.8, 4) is 0 Å². The number of nitrogens with two attached hydrogens (primary N) is 6. The summed E-state index contributed by atoms with van der Waals surface area (Å²) >= 11 is -5.75. The van der Waals surface area contributed by atoms with Crippen LogP contribution in [0.15, 0.2) is 0 Å². The van der Waals surface area contributed by atoms with Crippen LogP contribution in [0.5, 0.6) is 0 Å². The summed E-state index contributed by atoms with van der Waals surface area (Å²) < 4.78 is 34.4. The van der Waals surface area contributed by atoms with Crippen LogP contribution in [-0.2, 0) is 21.2 Å². The summed E-state index contributed by atoms with van der Waals surface area (Å²) in [6, 6.07) is 0. The predicted octanol–water partition coefficient (Wildman–Crippen LogP) is -8.58. The zero-order valence-electron chi connectivity index (χ0n) is 6.51. The van der Waals surface area contributed by atoms with Crippen molar-refractivity contribution in [3.05, 3.63) is 0 Å². The third-order valence-electron chi connectivity index (χ3n) is 0. The molecule has 0 rings (SSSR count). The molecule has 0 saturated heterocycles. The normalized spacial score (nSPS) is 8.15. The van der Waals surface area contributed by atoms with Crippen molar-refractivity contribution in [3.63, 3.8) is 0 Å². The Morgan fingerprint density at radius 3 is 0.923 bits per heavy atom. The van der Waals surface area contributed by atoms with Gasteiger partial charge in [0.1, 0.15) is 0 Å². The van der Waals surface area contributed by atoms with Crippen LogP contribution in [0.4, 0.5) is 0 Å². The van der Waals surface area contributed by atoms with Gasteiger partial charge in [0.15, 0.2) is 0 Å². The van der Waals surface area contributed by atoms with Gasteiger partial charge in [-0.3, -0.25) is 33.8 Å². The topological polar surface area (TPSA) is 236 Å². The van der Waals surface area contributed by atoms with Gasteiger partial charge >= 0.3 is 41.5 Å². The first kappa shape index (κ1) is 17.6. The third kappa shape index (κ3) is 395. The Balaban J connectivity index is -0.000000117. The Kier molecular flexibility index (Phi) is 11.8. The molecule has 0 aromatic rings. The van der Waals surface area contributed by atoms with E-state index in [9.17, 15) is 0 Å². The number of hydrogen-bond acceptors (Lipinski definition) is 4. The van der Waals surface area contributed by atoms with E-state index >= 15 is 0 Å². The zero-order chi connectivity index (χ0) is 11.7. The Morgan fingerprint density at radius 2 is 0.923 bits per heavy atom. The first-order chi connectivity index (χ1) is 5.46. The van der Waals surface area contributed by atoms with Crippen LogP contribution in [0.2, 0.25) is 0 Å². The molecule has 0 unspecified atom stereocenters. The molecule has 0 saturated carbocycles. The molecule has 0 fully saturated rings. The van der Waals surface area contributed by atoms with Crippen LogP contribution >= 0.6 is 0 Å². The van der Waals surface area contributed by atoms with E-state index in [0.29, 0.717) is 0 Å². The Hall–Kier alpha value is -1.41. The molecular formula is C2H12CrN6O4. The third-order valence-corrected chi connectivity index (χ3v) is 0. The van der Waals surface area contributed by atoms with Gasteiger partial charge in [-0.15, -0.1) is 0 Å². The molecule has 10 nitrogen and oxygen atoms in total. The second-order valence-electron chi connectivity index (χ2n) is 1.41. The first-order valence-corrected chi connectivity index (χ1v) is 4.48. The standard InChI is InChI=1S/2CH5N3.Cr.4O/c2*2-1(3)4;;;;;/h2*(H5,2,3,4);;;;;/q;;;;;2*-1/p+2. The van der Waals surface area contributed by atoms with E-state index in [2.05, 4.69) is 33.8 Å². The van der Waals surface area contributed by atoms with Crippen LogP contribution in [0.25, 0.3) is 0 Å². The zero-order valence-corrected chi connectivity index (χ0v) is 7.78. The molecule has 0 atom stereocenters. The molecule has 0 aromatic carbocycles. The number of guanidine groups is 2. The van der Waals surface area contributed by atoms with Crippen molar-refractivity contribution < 1.29 is 40.4 Å². The van der Waals surface area contributed by atoms with E-state index in [4.69, 9.17) is 15.9 Å². The molecule has 0 bridgehead atoms. The summed E-state index contributed by atoms with van der Waals surface area (Å²) in [4.78, 5) is 0. The van der Waals surface area contributed by atoms with Gasteiger partial charge in [-0.2, -0.15) is 0 Å². The summed E-state index contributed by atoms with van der Waals surface area (Å²) in [7, 11) is 0.